The van der Waals surface area contributed by atoms with E-state index in [2.05, 4.69) is 9.97 Å². The highest BCUT2D eigenvalue weighted by Gasteiger charge is 2.09. The zero-order valence-electron chi connectivity index (χ0n) is 8.22. The van der Waals surface area contributed by atoms with Crippen molar-refractivity contribution < 1.29 is 0 Å². The van der Waals surface area contributed by atoms with Crippen molar-refractivity contribution >= 4 is 33.2 Å². The molecule has 0 amide bonds. The third-order valence-electron chi connectivity index (χ3n) is 2.32. The Morgan fingerprint density at radius 3 is 2.62 bits per heavy atom. The monoisotopic (exact) mass is 246 g/mol. The average molecular weight is 247 g/mol. The lowest BCUT2D eigenvalue weighted by molar-refractivity contribution is 1.23. The van der Waals surface area contributed by atoms with E-state index in [1.54, 1.807) is 11.3 Å². The molecule has 0 atom stereocenters. The highest BCUT2D eigenvalue weighted by molar-refractivity contribution is 7.17. The maximum atomic E-state index is 5.91. The number of aromatic nitrogens is 2. The molecule has 4 heteroatoms. The van der Waals surface area contributed by atoms with E-state index in [9.17, 15) is 0 Å². The van der Waals surface area contributed by atoms with Gasteiger partial charge in [-0.3, -0.25) is 0 Å². The number of hydrogen-bond acceptors (Lipinski definition) is 3. The van der Waals surface area contributed by atoms with E-state index in [0.717, 1.165) is 21.5 Å². The number of hydrogen-bond donors (Lipinski definition) is 0. The minimum absolute atomic E-state index is 0.296. The van der Waals surface area contributed by atoms with Gasteiger partial charge in [-0.05, 0) is 23.0 Å². The molecule has 2 aromatic heterocycles. The number of thiophene rings is 1. The van der Waals surface area contributed by atoms with Gasteiger partial charge >= 0.3 is 0 Å². The Labute approximate surface area is 102 Å². The first kappa shape index (κ1) is 9.75. The second-order valence-electron chi connectivity index (χ2n) is 3.34. The van der Waals surface area contributed by atoms with Gasteiger partial charge in [0.2, 0.25) is 5.28 Å². The maximum absolute atomic E-state index is 5.91. The Morgan fingerprint density at radius 1 is 1.00 bits per heavy atom. The minimum atomic E-state index is 0.296. The first-order chi connectivity index (χ1) is 7.84. The van der Waals surface area contributed by atoms with Crippen molar-refractivity contribution in [2.24, 2.45) is 0 Å². The summed E-state index contributed by atoms with van der Waals surface area (Å²) in [6.45, 7) is 0. The van der Waals surface area contributed by atoms with Gasteiger partial charge in [-0.1, -0.05) is 30.3 Å². The molecular weight excluding hydrogens is 240 g/mol. The first-order valence-electron chi connectivity index (χ1n) is 4.81. The zero-order chi connectivity index (χ0) is 11.0. The van der Waals surface area contributed by atoms with Gasteiger partial charge in [0.25, 0.3) is 0 Å². The number of fused-ring (bicyclic) bond motifs is 1. The van der Waals surface area contributed by atoms with Crippen LogP contribution in [0.5, 0.6) is 0 Å². The summed E-state index contributed by atoms with van der Waals surface area (Å²) in [5.74, 6) is 0. The molecule has 0 radical (unpaired) electrons. The van der Waals surface area contributed by atoms with Crippen molar-refractivity contribution in [3.8, 4) is 11.3 Å². The molecule has 0 bridgehead atoms. The molecule has 0 saturated carbocycles. The molecule has 3 aromatic rings. The summed E-state index contributed by atoms with van der Waals surface area (Å²) in [7, 11) is 0. The normalized spacial score (nSPS) is 10.8. The van der Waals surface area contributed by atoms with E-state index in [-0.39, 0.29) is 0 Å². The Balaban J connectivity index is 2.34. The topological polar surface area (TPSA) is 25.8 Å². The molecule has 0 spiro atoms. The molecule has 0 N–H and O–H groups in total. The maximum Gasteiger partial charge on any atom is 0.223 e. The number of nitrogens with zero attached hydrogens (tertiary/aromatic N) is 2. The van der Waals surface area contributed by atoms with Gasteiger partial charge < -0.3 is 0 Å². The fourth-order valence-electron chi connectivity index (χ4n) is 1.63. The Morgan fingerprint density at radius 2 is 1.81 bits per heavy atom. The van der Waals surface area contributed by atoms with E-state index >= 15 is 0 Å². The summed E-state index contributed by atoms with van der Waals surface area (Å²) in [4.78, 5) is 8.50. The molecule has 2 heterocycles. The van der Waals surface area contributed by atoms with Crippen molar-refractivity contribution in [3.05, 3.63) is 47.1 Å². The van der Waals surface area contributed by atoms with Crippen LogP contribution in [0.1, 0.15) is 0 Å². The molecular formula is C12H7ClN2S. The van der Waals surface area contributed by atoms with Crippen LogP contribution in [0.4, 0.5) is 0 Å². The molecule has 0 aliphatic carbocycles. The Kier molecular flexibility index (Phi) is 2.35. The molecule has 2 nitrogen and oxygen atoms in total. The van der Waals surface area contributed by atoms with Crippen LogP contribution in [0.15, 0.2) is 41.8 Å². The first-order valence-corrected chi connectivity index (χ1v) is 6.06. The van der Waals surface area contributed by atoms with E-state index < -0.39 is 0 Å². The van der Waals surface area contributed by atoms with E-state index in [1.807, 2.05) is 41.8 Å². The van der Waals surface area contributed by atoms with Crippen LogP contribution in [-0.2, 0) is 0 Å². The lowest BCUT2D eigenvalue weighted by atomic mass is 10.1. The largest absolute Gasteiger partial charge is 0.223 e. The molecule has 0 aliphatic rings. The second kappa shape index (κ2) is 3.85. The smallest absolute Gasteiger partial charge is 0.217 e. The van der Waals surface area contributed by atoms with Gasteiger partial charge in [-0.25, -0.2) is 9.97 Å². The Bertz CT molecular complexity index is 634. The lowest BCUT2D eigenvalue weighted by Gasteiger charge is -2.02. The molecule has 3 rings (SSSR count). The molecule has 0 aliphatic heterocycles. The summed E-state index contributed by atoms with van der Waals surface area (Å²) >= 11 is 7.55. The molecule has 0 fully saturated rings. The second-order valence-corrected chi connectivity index (χ2v) is 4.60. The van der Waals surface area contributed by atoms with Crippen molar-refractivity contribution in [2.75, 3.05) is 0 Å². The number of halogens is 1. The van der Waals surface area contributed by atoms with E-state index in [1.165, 1.54) is 0 Å². The highest BCUT2D eigenvalue weighted by Crippen LogP contribution is 2.30. The predicted octanol–water partition coefficient (Wildman–Crippen LogP) is 4.01. The van der Waals surface area contributed by atoms with Crippen molar-refractivity contribution in [3.63, 3.8) is 0 Å². The van der Waals surface area contributed by atoms with E-state index in [0.29, 0.717) is 5.28 Å². The third-order valence-corrected chi connectivity index (χ3v) is 3.40. The molecule has 1 aromatic carbocycles. The SMILES string of the molecule is Clc1nc(-c2ccccc2)c2sccc2n1. The van der Waals surface area contributed by atoms with Gasteiger partial charge in [0.1, 0.15) is 0 Å². The lowest BCUT2D eigenvalue weighted by Crippen LogP contribution is -1.87. The van der Waals surface area contributed by atoms with Gasteiger partial charge in [-0.2, -0.15) is 0 Å². The number of benzene rings is 1. The highest BCUT2D eigenvalue weighted by atomic mass is 35.5. The molecule has 0 saturated heterocycles. The van der Waals surface area contributed by atoms with Crippen LogP contribution in [0.2, 0.25) is 5.28 Å². The standard InChI is InChI=1S/C12H7ClN2S/c13-12-14-9-6-7-16-11(9)10(15-12)8-4-2-1-3-5-8/h1-7H. The van der Waals surface area contributed by atoms with Crippen LogP contribution in [0.25, 0.3) is 21.5 Å². The number of rotatable bonds is 1. The molecule has 0 unspecified atom stereocenters. The fourth-order valence-corrected chi connectivity index (χ4v) is 2.64. The van der Waals surface area contributed by atoms with Crippen LogP contribution in [-0.4, -0.2) is 9.97 Å². The Hall–Kier alpha value is -1.45. The molecule has 16 heavy (non-hydrogen) atoms. The average Bonchev–Trinajstić information content (AvgIpc) is 2.77. The van der Waals surface area contributed by atoms with Crippen molar-refractivity contribution in [2.45, 2.75) is 0 Å². The van der Waals surface area contributed by atoms with Gasteiger partial charge in [0.05, 0.1) is 15.9 Å². The van der Waals surface area contributed by atoms with Crippen LogP contribution in [0, 0.1) is 0 Å². The summed E-state index contributed by atoms with van der Waals surface area (Å²) in [5, 5.41) is 2.30. The summed E-state index contributed by atoms with van der Waals surface area (Å²) in [6, 6.07) is 12.0. The zero-order valence-corrected chi connectivity index (χ0v) is 9.79. The van der Waals surface area contributed by atoms with Gasteiger partial charge in [-0.15, -0.1) is 11.3 Å². The van der Waals surface area contributed by atoms with Crippen molar-refractivity contribution in [1.29, 1.82) is 0 Å². The molecule has 78 valence electrons. The predicted molar refractivity (Wildman–Crippen MR) is 67.9 cm³/mol. The third kappa shape index (κ3) is 1.58. The van der Waals surface area contributed by atoms with E-state index in [4.69, 9.17) is 11.6 Å². The minimum Gasteiger partial charge on any atom is -0.217 e. The van der Waals surface area contributed by atoms with Gasteiger partial charge in [0.15, 0.2) is 0 Å². The van der Waals surface area contributed by atoms with Crippen LogP contribution >= 0.6 is 22.9 Å². The summed E-state index contributed by atoms with van der Waals surface area (Å²) in [5.41, 5.74) is 2.88. The van der Waals surface area contributed by atoms with Gasteiger partial charge in [0, 0.05) is 5.56 Å². The summed E-state index contributed by atoms with van der Waals surface area (Å²) in [6.07, 6.45) is 0. The fraction of sp³-hybridized carbons (Fsp3) is 0. The quantitative estimate of drug-likeness (QED) is 0.607. The van der Waals surface area contributed by atoms with Crippen molar-refractivity contribution in [1.82, 2.24) is 9.97 Å². The van der Waals surface area contributed by atoms with Crippen LogP contribution in [0.3, 0.4) is 0 Å². The van der Waals surface area contributed by atoms with Crippen LogP contribution < -0.4 is 0 Å². The summed E-state index contributed by atoms with van der Waals surface area (Å²) < 4.78 is 1.08.